The SMILES string of the molecule is NC(CCNc1ccc(Cl)cc1Cl)C(O)COc1ccccc1. The van der Waals surface area contributed by atoms with Gasteiger partial charge in [0.05, 0.1) is 10.7 Å². The molecule has 2 aromatic carbocycles. The summed E-state index contributed by atoms with van der Waals surface area (Å²) in [4.78, 5) is 0. The largest absolute Gasteiger partial charge is 0.491 e. The van der Waals surface area contributed by atoms with Crippen LogP contribution in [0.1, 0.15) is 6.42 Å². The highest BCUT2D eigenvalue weighted by molar-refractivity contribution is 6.36. The van der Waals surface area contributed by atoms with Crippen molar-refractivity contribution in [2.75, 3.05) is 18.5 Å². The molecule has 0 saturated carbocycles. The first kappa shape index (κ1) is 17.9. The van der Waals surface area contributed by atoms with E-state index in [1.807, 2.05) is 36.4 Å². The number of para-hydroxylation sites is 1. The predicted molar refractivity (Wildman–Crippen MR) is 95.5 cm³/mol. The molecule has 0 aliphatic rings. The predicted octanol–water partition coefficient (Wildman–Crippen LogP) is 3.56. The molecule has 4 nitrogen and oxygen atoms in total. The minimum atomic E-state index is -0.738. The Morgan fingerprint density at radius 1 is 1.13 bits per heavy atom. The van der Waals surface area contributed by atoms with Gasteiger partial charge in [-0.25, -0.2) is 0 Å². The molecular formula is C17H20Cl2N2O2. The fraction of sp³-hybridized carbons (Fsp3) is 0.294. The van der Waals surface area contributed by atoms with Gasteiger partial charge in [0.1, 0.15) is 18.5 Å². The van der Waals surface area contributed by atoms with Crippen molar-refractivity contribution < 1.29 is 9.84 Å². The summed E-state index contributed by atoms with van der Waals surface area (Å²) in [6, 6.07) is 14.2. The molecule has 0 spiro atoms. The van der Waals surface area contributed by atoms with Gasteiger partial charge in [-0.1, -0.05) is 41.4 Å². The van der Waals surface area contributed by atoms with Crippen LogP contribution in [0.15, 0.2) is 48.5 Å². The van der Waals surface area contributed by atoms with Crippen LogP contribution in [0.4, 0.5) is 5.69 Å². The first-order valence-electron chi connectivity index (χ1n) is 7.36. The van der Waals surface area contributed by atoms with Crippen LogP contribution in [-0.2, 0) is 0 Å². The van der Waals surface area contributed by atoms with E-state index in [9.17, 15) is 5.11 Å². The zero-order chi connectivity index (χ0) is 16.7. The van der Waals surface area contributed by atoms with E-state index in [4.69, 9.17) is 33.7 Å². The highest BCUT2D eigenvalue weighted by atomic mass is 35.5. The summed E-state index contributed by atoms with van der Waals surface area (Å²) in [7, 11) is 0. The Morgan fingerprint density at radius 3 is 2.57 bits per heavy atom. The standard InChI is InChI=1S/C17H20Cl2N2O2/c18-12-6-7-16(14(19)10-12)21-9-8-15(20)17(22)11-23-13-4-2-1-3-5-13/h1-7,10,15,17,21-22H,8-9,11,20H2. The molecule has 2 atom stereocenters. The molecule has 0 radical (unpaired) electrons. The lowest BCUT2D eigenvalue weighted by atomic mass is 10.1. The van der Waals surface area contributed by atoms with Crippen LogP contribution in [0.25, 0.3) is 0 Å². The molecule has 0 amide bonds. The third kappa shape index (κ3) is 5.92. The molecule has 0 bridgehead atoms. The molecule has 0 saturated heterocycles. The van der Waals surface area contributed by atoms with Crippen molar-refractivity contribution in [2.24, 2.45) is 5.73 Å². The Morgan fingerprint density at radius 2 is 1.87 bits per heavy atom. The zero-order valence-corrected chi connectivity index (χ0v) is 14.1. The van der Waals surface area contributed by atoms with E-state index in [1.54, 1.807) is 12.1 Å². The Kier molecular flexibility index (Phi) is 6.99. The van der Waals surface area contributed by atoms with Crippen LogP contribution < -0.4 is 15.8 Å². The lowest BCUT2D eigenvalue weighted by Crippen LogP contribution is -2.40. The molecule has 0 heterocycles. The Labute approximate surface area is 146 Å². The summed E-state index contributed by atoms with van der Waals surface area (Å²) >= 11 is 11.9. The maximum absolute atomic E-state index is 10.0. The van der Waals surface area contributed by atoms with Crippen molar-refractivity contribution in [1.29, 1.82) is 0 Å². The van der Waals surface area contributed by atoms with Crippen molar-refractivity contribution in [1.82, 2.24) is 0 Å². The summed E-state index contributed by atoms with van der Waals surface area (Å²) < 4.78 is 5.50. The van der Waals surface area contributed by atoms with E-state index in [0.717, 1.165) is 5.69 Å². The summed E-state index contributed by atoms with van der Waals surface area (Å²) in [5.74, 6) is 0.713. The number of rotatable bonds is 8. The second-order valence-electron chi connectivity index (χ2n) is 5.19. The molecule has 124 valence electrons. The number of benzene rings is 2. The van der Waals surface area contributed by atoms with Crippen molar-refractivity contribution in [3.05, 3.63) is 58.6 Å². The van der Waals surface area contributed by atoms with Gasteiger partial charge in [-0.05, 0) is 36.8 Å². The average Bonchev–Trinajstić information content (AvgIpc) is 2.55. The van der Waals surface area contributed by atoms with Gasteiger partial charge in [-0.2, -0.15) is 0 Å². The number of anilines is 1. The summed E-state index contributed by atoms with van der Waals surface area (Å²) in [5.41, 5.74) is 6.77. The quantitative estimate of drug-likeness (QED) is 0.677. The van der Waals surface area contributed by atoms with Crippen LogP contribution in [-0.4, -0.2) is 30.4 Å². The van der Waals surface area contributed by atoms with E-state index in [0.29, 0.717) is 28.8 Å². The maximum Gasteiger partial charge on any atom is 0.119 e. The number of aliphatic hydroxyl groups is 1. The molecule has 4 N–H and O–H groups in total. The maximum atomic E-state index is 10.0. The van der Waals surface area contributed by atoms with Gasteiger partial charge >= 0.3 is 0 Å². The van der Waals surface area contributed by atoms with Gasteiger partial charge in [-0.3, -0.25) is 0 Å². The third-order valence-electron chi connectivity index (χ3n) is 3.38. The summed E-state index contributed by atoms with van der Waals surface area (Å²) in [6.07, 6.45) is -0.157. The van der Waals surface area contributed by atoms with E-state index in [2.05, 4.69) is 5.32 Å². The molecule has 0 fully saturated rings. The molecule has 2 rings (SSSR count). The third-order valence-corrected chi connectivity index (χ3v) is 3.93. The number of nitrogens with one attached hydrogen (secondary N) is 1. The first-order valence-corrected chi connectivity index (χ1v) is 8.12. The fourth-order valence-corrected chi connectivity index (χ4v) is 2.50. The monoisotopic (exact) mass is 354 g/mol. The van der Waals surface area contributed by atoms with Gasteiger partial charge < -0.3 is 20.9 Å². The molecule has 23 heavy (non-hydrogen) atoms. The second kappa shape index (κ2) is 8.99. The van der Waals surface area contributed by atoms with E-state index < -0.39 is 12.1 Å². The van der Waals surface area contributed by atoms with Gasteiger partial charge in [-0.15, -0.1) is 0 Å². The number of ether oxygens (including phenoxy) is 1. The average molecular weight is 355 g/mol. The minimum absolute atomic E-state index is 0.160. The van der Waals surface area contributed by atoms with Gasteiger partial charge in [0.25, 0.3) is 0 Å². The van der Waals surface area contributed by atoms with Crippen LogP contribution in [0.2, 0.25) is 10.0 Å². The topological polar surface area (TPSA) is 67.5 Å². The Hall–Kier alpha value is -1.46. The molecule has 2 aromatic rings. The normalized spacial score (nSPS) is 13.4. The minimum Gasteiger partial charge on any atom is -0.491 e. The smallest absolute Gasteiger partial charge is 0.119 e. The number of aliphatic hydroxyl groups excluding tert-OH is 1. The van der Waals surface area contributed by atoms with E-state index >= 15 is 0 Å². The fourth-order valence-electron chi connectivity index (χ4n) is 2.02. The molecular weight excluding hydrogens is 335 g/mol. The first-order chi connectivity index (χ1) is 11.1. The summed E-state index contributed by atoms with van der Waals surface area (Å²) in [6.45, 7) is 0.748. The highest BCUT2D eigenvalue weighted by Gasteiger charge is 2.15. The van der Waals surface area contributed by atoms with Crippen LogP contribution >= 0.6 is 23.2 Å². The molecule has 0 aliphatic heterocycles. The molecule has 2 unspecified atom stereocenters. The number of hydrogen-bond donors (Lipinski definition) is 3. The lowest BCUT2D eigenvalue weighted by Gasteiger charge is -2.20. The molecule has 6 heteroatoms. The van der Waals surface area contributed by atoms with Crippen molar-refractivity contribution in [2.45, 2.75) is 18.6 Å². The van der Waals surface area contributed by atoms with Gasteiger partial charge in [0.15, 0.2) is 0 Å². The lowest BCUT2D eigenvalue weighted by molar-refractivity contribution is 0.0836. The Balaban J connectivity index is 1.72. The number of halogens is 2. The Bertz CT molecular complexity index is 611. The summed E-state index contributed by atoms with van der Waals surface area (Å²) in [5, 5.41) is 14.4. The van der Waals surface area contributed by atoms with Crippen molar-refractivity contribution in [3.63, 3.8) is 0 Å². The van der Waals surface area contributed by atoms with Gasteiger partial charge in [0, 0.05) is 17.6 Å². The van der Waals surface area contributed by atoms with Crippen LogP contribution in [0.5, 0.6) is 5.75 Å². The highest BCUT2D eigenvalue weighted by Crippen LogP contribution is 2.25. The van der Waals surface area contributed by atoms with E-state index in [-0.39, 0.29) is 6.61 Å². The van der Waals surface area contributed by atoms with Gasteiger partial charge in [0.2, 0.25) is 0 Å². The molecule has 0 aromatic heterocycles. The van der Waals surface area contributed by atoms with Crippen LogP contribution in [0.3, 0.4) is 0 Å². The van der Waals surface area contributed by atoms with Crippen LogP contribution in [0, 0.1) is 0 Å². The van der Waals surface area contributed by atoms with E-state index in [1.165, 1.54) is 0 Å². The number of nitrogens with two attached hydrogens (primary N) is 1. The molecule has 0 aliphatic carbocycles. The zero-order valence-electron chi connectivity index (χ0n) is 12.6. The second-order valence-corrected chi connectivity index (χ2v) is 6.04. The van der Waals surface area contributed by atoms with Crippen molar-refractivity contribution in [3.8, 4) is 5.75 Å². The number of hydrogen-bond acceptors (Lipinski definition) is 4. The van der Waals surface area contributed by atoms with Crippen molar-refractivity contribution >= 4 is 28.9 Å².